The SMILES string of the molecule is O=C(c1ccc(Cl)cc1)C1CCCN(S(=O)(=O)NC2CCCC2)C1. The molecular formula is C17H23ClN2O3S. The van der Waals surface area contributed by atoms with E-state index < -0.39 is 10.2 Å². The van der Waals surface area contributed by atoms with Gasteiger partial charge in [-0.2, -0.15) is 17.4 Å². The smallest absolute Gasteiger partial charge is 0.279 e. The first-order valence-corrected chi connectivity index (χ1v) is 10.3. The van der Waals surface area contributed by atoms with Crippen molar-refractivity contribution in [3.05, 3.63) is 34.9 Å². The van der Waals surface area contributed by atoms with Gasteiger partial charge in [0.15, 0.2) is 5.78 Å². The standard InChI is InChI=1S/C17H23ClN2O3S/c18-15-9-7-13(8-10-15)17(21)14-4-3-11-20(12-14)24(22,23)19-16-5-1-2-6-16/h7-10,14,16,19H,1-6,11-12H2. The minimum Gasteiger partial charge on any atom is -0.294 e. The second kappa shape index (κ2) is 7.52. The lowest BCUT2D eigenvalue weighted by Crippen LogP contribution is -2.49. The van der Waals surface area contributed by atoms with Crippen molar-refractivity contribution >= 4 is 27.6 Å². The minimum absolute atomic E-state index is 0.00701. The van der Waals surface area contributed by atoms with Gasteiger partial charge in [-0.05, 0) is 49.9 Å². The highest BCUT2D eigenvalue weighted by atomic mass is 35.5. The van der Waals surface area contributed by atoms with Gasteiger partial charge in [0.2, 0.25) is 0 Å². The Morgan fingerprint density at radius 3 is 2.42 bits per heavy atom. The number of nitrogens with zero attached hydrogens (tertiary/aromatic N) is 1. The zero-order valence-electron chi connectivity index (χ0n) is 13.6. The molecule has 132 valence electrons. The maximum atomic E-state index is 12.6. The van der Waals surface area contributed by atoms with E-state index >= 15 is 0 Å². The largest absolute Gasteiger partial charge is 0.294 e. The fourth-order valence-corrected chi connectivity index (χ4v) is 5.23. The number of benzene rings is 1. The molecule has 1 heterocycles. The van der Waals surface area contributed by atoms with Crippen molar-refractivity contribution in [1.82, 2.24) is 9.03 Å². The zero-order chi connectivity index (χ0) is 17.2. The van der Waals surface area contributed by atoms with Gasteiger partial charge in [-0.25, -0.2) is 0 Å². The molecule has 1 saturated carbocycles. The maximum Gasteiger partial charge on any atom is 0.279 e. The van der Waals surface area contributed by atoms with Crippen molar-refractivity contribution in [2.45, 2.75) is 44.6 Å². The van der Waals surface area contributed by atoms with Crippen molar-refractivity contribution in [3.8, 4) is 0 Å². The Balaban J connectivity index is 1.67. The Morgan fingerprint density at radius 1 is 1.08 bits per heavy atom. The van der Waals surface area contributed by atoms with Crippen LogP contribution in [0.5, 0.6) is 0 Å². The summed E-state index contributed by atoms with van der Waals surface area (Å²) in [4.78, 5) is 12.6. The quantitative estimate of drug-likeness (QED) is 0.810. The average molecular weight is 371 g/mol. The Bertz CT molecular complexity index is 684. The highest BCUT2D eigenvalue weighted by molar-refractivity contribution is 7.87. The summed E-state index contributed by atoms with van der Waals surface area (Å²) in [5.74, 6) is -0.299. The Labute approximate surface area is 148 Å². The van der Waals surface area contributed by atoms with Gasteiger partial charge in [-0.1, -0.05) is 24.4 Å². The van der Waals surface area contributed by atoms with E-state index in [1.54, 1.807) is 24.3 Å². The van der Waals surface area contributed by atoms with E-state index in [-0.39, 0.29) is 24.3 Å². The van der Waals surface area contributed by atoms with E-state index in [4.69, 9.17) is 11.6 Å². The molecule has 1 aromatic rings. The van der Waals surface area contributed by atoms with Gasteiger partial charge in [0, 0.05) is 35.6 Å². The number of ketones is 1. The summed E-state index contributed by atoms with van der Waals surface area (Å²) in [5, 5.41) is 0.583. The van der Waals surface area contributed by atoms with Gasteiger partial charge in [-0.3, -0.25) is 4.79 Å². The minimum atomic E-state index is -3.51. The molecule has 0 bridgehead atoms. The molecule has 1 N–H and O–H groups in total. The van der Waals surface area contributed by atoms with Crippen molar-refractivity contribution in [2.24, 2.45) is 5.92 Å². The van der Waals surface area contributed by atoms with Crippen LogP contribution in [0.3, 0.4) is 0 Å². The van der Waals surface area contributed by atoms with Crippen LogP contribution in [-0.4, -0.2) is 37.6 Å². The number of hydrogen-bond donors (Lipinski definition) is 1. The van der Waals surface area contributed by atoms with Crippen LogP contribution in [0, 0.1) is 5.92 Å². The molecule has 3 rings (SSSR count). The molecule has 1 aliphatic carbocycles. The van der Waals surface area contributed by atoms with Gasteiger partial charge in [0.05, 0.1) is 0 Å². The van der Waals surface area contributed by atoms with Gasteiger partial charge < -0.3 is 0 Å². The Kier molecular flexibility index (Phi) is 5.59. The van der Waals surface area contributed by atoms with E-state index in [2.05, 4.69) is 4.72 Å². The number of carbonyl (C=O) groups excluding carboxylic acids is 1. The molecular weight excluding hydrogens is 348 g/mol. The molecule has 5 nitrogen and oxygen atoms in total. The second-order valence-corrected chi connectivity index (χ2v) is 8.81. The first-order valence-electron chi connectivity index (χ1n) is 8.53. The fourth-order valence-electron chi connectivity index (χ4n) is 3.55. The molecule has 1 aliphatic heterocycles. The Morgan fingerprint density at radius 2 is 1.75 bits per heavy atom. The van der Waals surface area contributed by atoms with Crippen molar-refractivity contribution in [1.29, 1.82) is 0 Å². The van der Waals surface area contributed by atoms with Crippen LogP contribution in [0.4, 0.5) is 0 Å². The third-order valence-electron chi connectivity index (χ3n) is 4.89. The molecule has 1 aromatic carbocycles. The van der Waals surface area contributed by atoms with Crippen molar-refractivity contribution in [2.75, 3.05) is 13.1 Å². The monoisotopic (exact) mass is 370 g/mol. The predicted molar refractivity (Wildman–Crippen MR) is 94.4 cm³/mol. The van der Waals surface area contributed by atoms with E-state index in [1.807, 2.05) is 0 Å². The summed E-state index contributed by atoms with van der Waals surface area (Å²) in [6.07, 6.45) is 5.38. The third-order valence-corrected chi connectivity index (χ3v) is 6.79. The number of carbonyl (C=O) groups is 1. The summed E-state index contributed by atoms with van der Waals surface area (Å²) in [6.45, 7) is 0.732. The van der Waals surface area contributed by atoms with Crippen LogP contribution in [0.2, 0.25) is 5.02 Å². The number of piperidine rings is 1. The molecule has 0 radical (unpaired) electrons. The van der Waals surface area contributed by atoms with Crippen LogP contribution < -0.4 is 4.72 Å². The first-order chi connectivity index (χ1) is 11.5. The molecule has 0 aromatic heterocycles. The lowest BCUT2D eigenvalue weighted by Gasteiger charge is -2.32. The van der Waals surface area contributed by atoms with Crippen LogP contribution in [0.15, 0.2) is 24.3 Å². The lowest BCUT2D eigenvalue weighted by molar-refractivity contribution is 0.0872. The maximum absolute atomic E-state index is 12.6. The molecule has 2 aliphatic rings. The summed E-state index contributed by atoms with van der Waals surface area (Å²) >= 11 is 5.86. The number of rotatable bonds is 5. The number of Topliss-reactive ketones (excluding diaryl/α,β-unsaturated/α-hetero) is 1. The van der Waals surface area contributed by atoms with Crippen LogP contribution in [0.25, 0.3) is 0 Å². The van der Waals surface area contributed by atoms with Gasteiger partial charge in [0.1, 0.15) is 0 Å². The molecule has 2 fully saturated rings. The number of hydrogen-bond acceptors (Lipinski definition) is 3. The normalized spacial score (nSPS) is 23.5. The summed E-state index contributed by atoms with van der Waals surface area (Å²) < 4.78 is 29.4. The first kappa shape index (κ1) is 17.9. The second-order valence-electron chi connectivity index (χ2n) is 6.67. The highest BCUT2D eigenvalue weighted by Crippen LogP contribution is 2.25. The molecule has 7 heteroatoms. The van der Waals surface area contributed by atoms with E-state index in [0.29, 0.717) is 23.6 Å². The Hall–Kier alpha value is -0.950. The van der Waals surface area contributed by atoms with Gasteiger partial charge >= 0.3 is 0 Å². The molecule has 0 spiro atoms. The number of nitrogens with one attached hydrogen (secondary N) is 1. The summed E-state index contributed by atoms with van der Waals surface area (Å²) in [6, 6.07) is 6.83. The van der Waals surface area contributed by atoms with Crippen LogP contribution in [-0.2, 0) is 10.2 Å². The topological polar surface area (TPSA) is 66.5 Å². The predicted octanol–water partition coefficient (Wildman–Crippen LogP) is 3.01. The summed E-state index contributed by atoms with van der Waals surface area (Å²) in [7, 11) is -3.51. The average Bonchev–Trinajstić information content (AvgIpc) is 3.07. The zero-order valence-corrected chi connectivity index (χ0v) is 15.2. The number of halogens is 1. The molecule has 1 saturated heterocycles. The van der Waals surface area contributed by atoms with Crippen molar-refractivity contribution in [3.63, 3.8) is 0 Å². The van der Waals surface area contributed by atoms with E-state index in [0.717, 1.165) is 32.1 Å². The molecule has 24 heavy (non-hydrogen) atoms. The van der Waals surface area contributed by atoms with Gasteiger partial charge in [0.25, 0.3) is 10.2 Å². The molecule has 0 amide bonds. The molecule has 1 unspecified atom stereocenters. The molecule has 1 atom stereocenters. The van der Waals surface area contributed by atoms with E-state index in [1.165, 1.54) is 4.31 Å². The van der Waals surface area contributed by atoms with Crippen LogP contribution in [0.1, 0.15) is 48.9 Å². The third kappa shape index (κ3) is 4.17. The summed E-state index contributed by atoms with van der Waals surface area (Å²) in [5.41, 5.74) is 0.590. The highest BCUT2D eigenvalue weighted by Gasteiger charge is 2.34. The lowest BCUT2D eigenvalue weighted by atomic mass is 9.91. The van der Waals surface area contributed by atoms with E-state index in [9.17, 15) is 13.2 Å². The van der Waals surface area contributed by atoms with Crippen molar-refractivity contribution < 1.29 is 13.2 Å². The van der Waals surface area contributed by atoms with Gasteiger partial charge in [-0.15, -0.1) is 0 Å². The van der Waals surface area contributed by atoms with Crippen LogP contribution >= 0.6 is 11.6 Å². The fraction of sp³-hybridized carbons (Fsp3) is 0.588.